The number of nitrogens with one attached hydrogen (secondary N) is 1. The molecule has 2 aromatic heterocycles. The number of carbonyl (C=O) groups excluding carboxylic acids is 1. The third kappa shape index (κ3) is 3.40. The summed E-state index contributed by atoms with van der Waals surface area (Å²) in [5, 5.41) is 8.67. The summed E-state index contributed by atoms with van der Waals surface area (Å²) in [5.74, 6) is -0.0542. The highest BCUT2D eigenvalue weighted by atomic mass is 35.5. The van der Waals surface area contributed by atoms with E-state index in [1.54, 1.807) is 12.3 Å². The van der Waals surface area contributed by atoms with Crippen molar-refractivity contribution in [1.82, 2.24) is 20.4 Å². The van der Waals surface area contributed by atoms with E-state index < -0.39 is 0 Å². The minimum Gasteiger partial charge on any atom is -0.336 e. The van der Waals surface area contributed by atoms with Crippen molar-refractivity contribution in [2.75, 3.05) is 19.6 Å². The number of pyridine rings is 1. The summed E-state index contributed by atoms with van der Waals surface area (Å²) in [6.45, 7) is 3.90. The highest BCUT2D eigenvalue weighted by molar-refractivity contribution is 6.30. The van der Waals surface area contributed by atoms with Crippen molar-refractivity contribution < 1.29 is 9.32 Å². The van der Waals surface area contributed by atoms with Crippen LogP contribution in [0.1, 0.15) is 27.7 Å². The molecule has 0 spiro atoms. The highest BCUT2D eigenvalue weighted by Gasteiger charge is 2.29. The van der Waals surface area contributed by atoms with Crippen molar-refractivity contribution in [3.63, 3.8) is 0 Å². The Kier molecular flexibility index (Phi) is 5.46. The van der Waals surface area contributed by atoms with Gasteiger partial charge in [-0.2, -0.15) is 0 Å². The van der Waals surface area contributed by atoms with Gasteiger partial charge in [0.05, 0.1) is 22.7 Å². The first-order valence-corrected chi connectivity index (χ1v) is 8.50. The number of nitrogens with zero attached hydrogens (tertiary/aromatic N) is 3. The molecule has 1 aromatic carbocycles. The molecule has 6 nitrogen and oxygen atoms in total. The van der Waals surface area contributed by atoms with Gasteiger partial charge in [-0.3, -0.25) is 4.79 Å². The minimum atomic E-state index is -0.0702. The lowest BCUT2D eigenvalue weighted by Gasteiger charge is -2.36. The Morgan fingerprint density at radius 1 is 1.38 bits per heavy atom. The monoisotopic (exact) mass is 392 g/mol. The van der Waals surface area contributed by atoms with Crippen LogP contribution in [0.5, 0.6) is 0 Å². The number of amides is 1. The third-order valence-corrected chi connectivity index (χ3v) is 4.73. The second-order valence-corrected chi connectivity index (χ2v) is 6.55. The SMILES string of the molecule is Cc1noc2ncc(C(=O)N3CCNCC3c3cccc(Cl)c3)cc12.Cl. The molecule has 0 saturated carbocycles. The zero-order chi connectivity index (χ0) is 17.4. The Labute approximate surface area is 161 Å². The van der Waals surface area contributed by atoms with Gasteiger partial charge >= 0.3 is 0 Å². The van der Waals surface area contributed by atoms with Crippen molar-refractivity contribution in [3.8, 4) is 0 Å². The van der Waals surface area contributed by atoms with E-state index >= 15 is 0 Å². The summed E-state index contributed by atoms with van der Waals surface area (Å²) < 4.78 is 5.12. The predicted molar refractivity (Wildman–Crippen MR) is 102 cm³/mol. The van der Waals surface area contributed by atoms with Crippen molar-refractivity contribution >= 4 is 41.0 Å². The first-order valence-electron chi connectivity index (χ1n) is 8.12. The summed E-state index contributed by atoms with van der Waals surface area (Å²) in [4.78, 5) is 19.2. The maximum atomic E-state index is 13.1. The van der Waals surface area contributed by atoms with Gasteiger partial charge in [0.2, 0.25) is 0 Å². The number of piperazine rings is 1. The molecule has 4 rings (SSSR count). The third-order valence-electron chi connectivity index (χ3n) is 4.49. The fraction of sp³-hybridized carbons (Fsp3) is 0.278. The number of hydrogen-bond donors (Lipinski definition) is 1. The van der Waals surface area contributed by atoms with Gasteiger partial charge in [-0.1, -0.05) is 28.9 Å². The molecule has 1 aliphatic rings. The number of fused-ring (bicyclic) bond motifs is 1. The molecule has 1 N–H and O–H groups in total. The van der Waals surface area contributed by atoms with Gasteiger partial charge in [0.25, 0.3) is 11.6 Å². The summed E-state index contributed by atoms with van der Waals surface area (Å²) >= 11 is 6.13. The fourth-order valence-corrected chi connectivity index (χ4v) is 3.39. The molecule has 1 unspecified atom stereocenters. The number of aryl methyl sites for hydroxylation is 1. The summed E-state index contributed by atoms with van der Waals surface area (Å²) in [6, 6.07) is 9.37. The van der Waals surface area contributed by atoms with E-state index in [-0.39, 0.29) is 24.4 Å². The molecule has 1 amide bonds. The predicted octanol–water partition coefficient (Wildman–Crippen LogP) is 3.39. The number of rotatable bonds is 2. The van der Waals surface area contributed by atoms with Gasteiger partial charge in [-0.25, -0.2) is 4.98 Å². The van der Waals surface area contributed by atoms with E-state index in [0.29, 0.717) is 29.4 Å². The number of aromatic nitrogens is 2. The molecule has 3 aromatic rings. The van der Waals surface area contributed by atoms with Crippen LogP contribution >= 0.6 is 24.0 Å². The van der Waals surface area contributed by atoms with Crippen LogP contribution in [0.4, 0.5) is 0 Å². The van der Waals surface area contributed by atoms with E-state index in [2.05, 4.69) is 15.5 Å². The molecular formula is C18H18Cl2N4O2. The lowest BCUT2D eigenvalue weighted by atomic mass is 10.0. The second kappa shape index (κ2) is 7.61. The van der Waals surface area contributed by atoms with Crippen molar-refractivity contribution in [2.24, 2.45) is 0 Å². The standard InChI is InChI=1S/C18H17ClN4O2.ClH/c1-11-15-8-13(9-21-17(15)25-22-11)18(24)23-6-5-20-10-16(23)12-3-2-4-14(19)7-12;/h2-4,7-9,16,20H,5-6,10H2,1H3;1H. The van der Waals surface area contributed by atoms with Gasteiger partial charge in [0.15, 0.2) is 0 Å². The van der Waals surface area contributed by atoms with Crippen LogP contribution in [0.15, 0.2) is 41.1 Å². The summed E-state index contributed by atoms with van der Waals surface area (Å²) in [5.41, 5.74) is 2.72. The quantitative estimate of drug-likeness (QED) is 0.723. The van der Waals surface area contributed by atoms with Crippen LogP contribution in [0.2, 0.25) is 5.02 Å². The first-order chi connectivity index (χ1) is 12.1. The van der Waals surface area contributed by atoms with E-state index in [0.717, 1.165) is 23.2 Å². The molecule has 26 heavy (non-hydrogen) atoms. The van der Waals surface area contributed by atoms with Crippen LogP contribution in [0.25, 0.3) is 11.1 Å². The van der Waals surface area contributed by atoms with Crippen LogP contribution in [-0.4, -0.2) is 40.6 Å². The smallest absolute Gasteiger partial charge is 0.257 e. The molecule has 0 bridgehead atoms. The molecule has 136 valence electrons. The number of halogens is 2. The topological polar surface area (TPSA) is 71.3 Å². The molecule has 3 heterocycles. The molecule has 1 aliphatic heterocycles. The Morgan fingerprint density at radius 3 is 3.04 bits per heavy atom. The zero-order valence-corrected chi connectivity index (χ0v) is 15.7. The Bertz CT molecular complexity index is 944. The lowest BCUT2D eigenvalue weighted by Crippen LogP contribution is -2.48. The molecule has 1 fully saturated rings. The van der Waals surface area contributed by atoms with Gasteiger partial charge in [-0.15, -0.1) is 12.4 Å². The number of hydrogen-bond acceptors (Lipinski definition) is 5. The zero-order valence-electron chi connectivity index (χ0n) is 14.1. The van der Waals surface area contributed by atoms with Crippen molar-refractivity contribution in [3.05, 3.63) is 58.4 Å². The minimum absolute atomic E-state index is 0. The van der Waals surface area contributed by atoms with E-state index in [1.165, 1.54) is 0 Å². The average Bonchev–Trinajstić information content (AvgIpc) is 3.01. The Balaban J connectivity index is 0.00000196. The van der Waals surface area contributed by atoms with Gasteiger partial charge in [0.1, 0.15) is 0 Å². The number of carbonyl (C=O) groups is 1. The first kappa shape index (κ1) is 18.6. The average molecular weight is 393 g/mol. The Morgan fingerprint density at radius 2 is 2.23 bits per heavy atom. The molecule has 1 saturated heterocycles. The second-order valence-electron chi connectivity index (χ2n) is 6.12. The molecule has 1 atom stereocenters. The van der Waals surface area contributed by atoms with Gasteiger partial charge < -0.3 is 14.7 Å². The van der Waals surface area contributed by atoms with Gasteiger partial charge in [0, 0.05) is 30.9 Å². The Hall–Kier alpha value is -2.15. The number of benzene rings is 1. The maximum absolute atomic E-state index is 13.1. The molecule has 0 radical (unpaired) electrons. The normalized spacial score (nSPS) is 17.2. The van der Waals surface area contributed by atoms with E-state index in [1.807, 2.05) is 36.1 Å². The molecule has 8 heteroatoms. The molecule has 0 aliphatic carbocycles. The van der Waals surface area contributed by atoms with Crippen molar-refractivity contribution in [1.29, 1.82) is 0 Å². The lowest BCUT2D eigenvalue weighted by molar-refractivity contribution is 0.0634. The van der Waals surface area contributed by atoms with E-state index in [9.17, 15) is 4.79 Å². The van der Waals surface area contributed by atoms with Crippen LogP contribution in [0, 0.1) is 6.92 Å². The summed E-state index contributed by atoms with van der Waals surface area (Å²) in [6.07, 6.45) is 1.55. The van der Waals surface area contributed by atoms with Crippen LogP contribution in [-0.2, 0) is 0 Å². The molecular weight excluding hydrogens is 375 g/mol. The largest absolute Gasteiger partial charge is 0.336 e. The maximum Gasteiger partial charge on any atom is 0.257 e. The van der Waals surface area contributed by atoms with E-state index in [4.69, 9.17) is 16.1 Å². The van der Waals surface area contributed by atoms with Gasteiger partial charge in [-0.05, 0) is 30.7 Å². The van der Waals surface area contributed by atoms with Crippen LogP contribution < -0.4 is 5.32 Å². The van der Waals surface area contributed by atoms with Crippen molar-refractivity contribution in [2.45, 2.75) is 13.0 Å². The fourth-order valence-electron chi connectivity index (χ4n) is 3.19. The highest BCUT2D eigenvalue weighted by Crippen LogP contribution is 2.27. The summed E-state index contributed by atoms with van der Waals surface area (Å²) in [7, 11) is 0. The van der Waals surface area contributed by atoms with Crippen LogP contribution in [0.3, 0.4) is 0 Å².